The first kappa shape index (κ1) is 40.5. The van der Waals surface area contributed by atoms with Crippen LogP contribution in [-0.2, 0) is 45.6 Å². The van der Waals surface area contributed by atoms with E-state index in [1.54, 1.807) is 35.5 Å². The van der Waals surface area contributed by atoms with Crippen LogP contribution in [0.5, 0.6) is 11.5 Å². The molecule has 13 nitrogen and oxygen atoms in total. The van der Waals surface area contributed by atoms with Crippen LogP contribution in [0.3, 0.4) is 0 Å². The third kappa shape index (κ3) is 9.08. The van der Waals surface area contributed by atoms with Crippen LogP contribution >= 0.6 is 0 Å². The summed E-state index contributed by atoms with van der Waals surface area (Å²) in [5.41, 5.74) is 4.17. The van der Waals surface area contributed by atoms with Gasteiger partial charge in [0.05, 0.1) is 5.56 Å². The van der Waals surface area contributed by atoms with Gasteiger partial charge in [0.2, 0.25) is 0 Å². The minimum atomic E-state index is -2.57. The molecule has 3 aliphatic heterocycles. The van der Waals surface area contributed by atoms with Crippen LogP contribution in [-0.4, -0.2) is 122 Å². The average molecular weight is 780 g/mol. The van der Waals surface area contributed by atoms with E-state index in [-0.39, 0.29) is 5.97 Å². The molecular weight excluding hydrogens is 725 g/mol. The largest absolute Gasteiger partial charge is 0.500 e. The molecule has 15 heteroatoms. The lowest BCUT2D eigenvalue weighted by Crippen LogP contribution is -2.43. The predicted octanol–water partition coefficient (Wildman–Crippen LogP) is 4.07. The maximum absolute atomic E-state index is 13.5. The highest BCUT2D eigenvalue weighted by molar-refractivity contribution is 6.60. The van der Waals surface area contributed by atoms with Crippen molar-refractivity contribution >= 4 is 24.1 Å². The van der Waals surface area contributed by atoms with Crippen LogP contribution in [0.2, 0.25) is 12.1 Å². The normalized spacial score (nSPS) is 18.5. The zero-order valence-corrected chi connectivity index (χ0v) is 34.2. The van der Waals surface area contributed by atoms with Crippen molar-refractivity contribution in [2.24, 2.45) is 0 Å². The van der Waals surface area contributed by atoms with Crippen molar-refractivity contribution in [3.8, 4) is 11.5 Å². The molecule has 0 spiro atoms. The Morgan fingerprint density at radius 1 is 0.741 bits per heavy atom. The Hall–Kier alpha value is -3.20. The van der Waals surface area contributed by atoms with E-state index >= 15 is 0 Å². The van der Waals surface area contributed by atoms with E-state index in [9.17, 15) is 4.79 Å². The van der Waals surface area contributed by atoms with Crippen molar-refractivity contribution in [2.75, 3.05) is 88.3 Å². The highest BCUT2D eigenvalue weighted by Crippen LogP contribution is 2.49. The second-order valence-electron chi connectivity index (χ2n) is 13.7. The molecule has 0 bridgehead atoms. The molecule has 3 aromatic carbocycles. The number of nitrogens with zero attached hydrogens (tertiary/aromatic N) is 2. The molecule has 6 rings (SSSR count). The second-order valence-corrected chi connectivity index (χ2v) is 18.8. The number of carbonyl (C=O) groups is 1. The fourth-order valence-electron chi connectivity index (χ4n) is 7.48. The highest BCUT2D eigenvalue weighted by atomic mass is 28.4. The summed E-state index contributed by atoms with van der Waals surface area (Å²) < 4.78 is 46.3. The number of hydrogen-bond acceptors (Lipinski definition) is 13. The van der Waals surface area contributed by atoms with Gasteiger partial charge < -0.3 is 47.0 Å². The lowest BCUT2D eigenvalue weighted by Gasteiger charge is -2.35. The number of carbonyl (C=O) groups excluding carboxylic acids is 1. The van der Waals surface area contributed by atoms with Crippen molar-refractivity contribution in [1.29, 1.82) is 0 Å². The molecule has 0 fully saturated rings. The van der Waals surface area contributed by atoms with Gasteiger partial charge in [-0.15, -0.1) is 0 Å². The zero-order chi connectivity index (χ0) is 38.0. The fourth-order valence-corrected chi connectivity index (χ4v) is 10.2. The molecule has 3 aliphatic rings. The van der Waals surface area contributed by atoms with Crippen molar-refractivity contribution in [3.63, 3.8) is 0 Å². The minimum Gasteiger partial charge on any atom is -0.478 e. The molecular formula is C39H55N4O9Si2. The van der Waals surface area contributed by atoms with Gasteiger partial charge in [-0.1, -0.05) is 30.3 Å². The fraction of sp³-hybridized carbons (Fsp3) is 0.513. The Morgan fingerprint density at radius 2 is 1.30 bits per heavy atom. The van der Waals surface area contributed by atoms with Crippen LogP contribution in [0.15, 0.2) is 60.7 Å². The predicted molar refractivity (Wildman–Crippen MR) is 208 cm³/mol. The van der Waals surface area contributed by atoms with Gasteiger partial charge in [0.25, 0.3) is 0 Å². The van der Waals surface area contributed by atoms with Crippen molar-refractivity contribution in [1.82, 2.24) is 20.4 Å². The molecule has 1 unspecified atom stereocenters. The minimum absolute atomic E-state index is 0.334. The number of esters is 1. The summed E-state index contributed by atoms with van der Waals surface area (Å²) in [5.74, 6) is 1.36. The summed E-state index contributed by atoms with van der Waals surface area (Å²) in [5, 5.41) is 7.07. The van der Waals surface area contributed by atoms with Crippen LogP contribution in [0.4, 0.5) is 0 Å². The monoisotopic (exact) mass is 779 g/mol. The number of ether oxygens (including phenoxy) is 3. The van der Waals surface area contributed by atoms with E-state index in [0.29, 0.717) is 25.6 Å². The van der Waals surface area contributed by atoms with E-state index in [2.05, 4.69) is 32.6 Å². The van der Waals surface area contributed by atoms with E-state index < -0.39 is 23.7 Å². The lowest BCUT2D eigenvalue weighted by molar-refractivity contribution is 0.0248. The molecule has 0 aliphatic carbocycles. The maximum Gasteiger partial charge on any atom is 0.500 e. The quantitative estimate of drug-likeness (QED) is 0.0920. The molecule has 54 heavy (non-hydrogen) atoms. The Balaban J connectivity index is 1.14. The van der Waals surface area contributed by atoms with Crippen LogP contribution in [0, 0.1) is 0 Å². The lowest BCUT2D eigenvalue weighted by atomic mass is 9.78. The number of rotatable bonds is 21. The topological polar surface area (TPSA) is 121 Å². The Kier molecular flexibility index (Phi) is 14.3. The third-order valence-corrected chi connectivity index (χ3v) is 15.0. The summed E-state index contributed by atoms with van der Waals surface area (Å²) in [6, 6.07) is 21.8. The molecule has 3 heterocycles. The van der Waals surface area contributed by atoms with Gasteiger partial charge in [-0.3, -0.25) is 9.80 Å². The van der Waals surface area contributed by atoms with Crippen molar-refractivity contribution in [3.05, 3.63) is 94.0 Å². The van der Waals surface area contributed by atoms with Gasteiger partial charge in [0, 0.05) is 109 Å². The molecule has 2 N–H and O–H groups in total. The van der Waals surface area contributed by atoms with Gasteiger partial charge in [-0.25, -0.2) is 4.79 Å². The van der Waals surface area contributed by atoms with Crippen LogP contribution in [0.25, 0.3) is 0 Å². The summed E-state index contributed by atoms with van der Waals surface area (Å²) >= 11 is 0. The summed E-state index contributed by atoms with van der Waals surface area (Å²) in [7, 11) is 4.63. The summed E-state index contributed by atoms with van der Waals surface area (Å²) in [4.78, 5) is 18.1. The molecule has 0 saturated carbocycles. The van der Waals surface area contributed by atoms with Gasteiger partial charge in [0.1, 0.15) is 25.0 Å². The van der Waals surface area contributed by atoms with Crippen LogP contribution < -0.4 is 20.1 Å². The number of hydrogen-bond donors (Lipinski definition) is 2. The maximum atomic E-state index is 13.5. The first-order chi connectivity index (χ1) is 26.4. The van der Waals surface area contributed by atoms with E-state index in [4.69, 9.17) is 36.3 Å². The SMILES string of the molecule is CO[Si](CCCNCCN1COc2ccc(C3(c4ccc5c(c4)CN(CCNCCC[Si](OC)(OC)OC)CO5)OC(=O)c4ccccc43)cc2C1)OC. The Morgan fingerprint density at radius 3 is 1.85 bits per heavy atom. The molecule has 0 saturated heterocycles. The zero-order valence-electron chi connectivity index (χ0n) is 32.2. The Labute approximate surface area is 322 Å². The van der Waals surface area contributed by atoms with Gasteiger partial charge in [-0.05, 0) is 62.3 Å². The molecule has 1 atom stereocenters. The third-order valence-electron chi connectivity index (χ3n) is 10.5. The molecule has 293 valence electrons. The number of cyclic esters (lactones) is 1. The van der Waals surface area contributed by atoms with Crippen LogP contribution in [0.1, 0.15) is 51.0 Å². The first-order valence-electron chi connectivity index (χ1n) is 18.7. The molecule has 3 aromatic rings. The molecule has 0 amide bonds. The summed E-state index contributed by atoms with van der Waals surface area (Å²) in [6.45, 7) is 7.52. The van der Waals surface area contributed by atoms with E-state index in [0.717, 1.165) is 110 Å². The molecule has 1 radical (unpaired) electrons. The first-order valence-corrected chi connectivity index (χ1v) is 22.1. The highest BCUT2D eigenvalue weighted by Gasteiger charge is 2.49. The van der Waals surface area contributed by atoms with Crippen molar-refractivity contribution < 1.29 is 41.1 Å². The Bertz CT molecular complexity index is 1690. The van der Waals surface area contributed by atoms with Gasteiger partial charge in [0.15, 0.2) is 5.60 Å². The second kappa shape index (κ2) is 19.1. The number of nitrogens with one attached hydrogen (secondary N) is 2. The number of benzene rings is 3. The summed E-state index contributed by atoms with van der Waals surface area (Å²) in [6.07, 6.45) is 1.90. The number of fused-ring (bicyclic) bond motifs is 3. The van der Waals surface area contributed by atoms with Crippen molar-refractivity contribution in [2.45, 2.75) is 43.6 Å². The smallest absolute Gasteiger partial charge is 0.478 e. The van der Waals surface area contributed by atoms with Gasteiger partial charge in [-0.2, -0.15) is 0 Å². The van der Waals surface area contributed by atoms with Gasteiger partial charge >= 0.3 is 24.1 Å². The average Bonchev–Trinajstić information content (AvgIpc) is 3.52. The molecule has 0 aromatic heterocycles. The standard InChI is InChI=1S/C39H55N4O9Si2/c1-45-53(46-2)22-8-16-40-18-20-42-26-30-24-32(12-14-36(30)50-28-42)39(35-11-7-6-10-34(35)38(44)52-39)33-13-15-37-31(25-33)27-43(29-51-37)21-19-41-17-9-23-54(47-3,48-4)49-5/h6-7,10-15,24-25,40-41H,8-9,16-23,26-29H2,1-5H3. The van der Waals surface area contributed by atoms with E-state index in [1.165, 1.54) is 0 Å². The van der Waals surface area contributed by atoms with E-state index in [1.807, 2.05) is 48.5 Å².